The van der Waals surface area contributed by atoms with Crippen molar-refractivity contribution in [3.63, 3.8) is 0 Å². The van der Waals surface area contributed by atoms with Crippen molar-refractivity contribution in [1.82, 2.24) is 0 Å². The van der Waals surface area contributed by atoms with Crippen LogP contribution in [0.15, 0.2) is 54.6 Å². The van der Waals surface area contributed by atoms with Crippen LogP contribution in [0.4, 0.5) is 0 Å². The molecule has 224 valence electrons. The Balaban J connectivity index is 1.25. The summed E-state index contributed by atoms with van der Waals surface area (Å²) in [6, 6.07) is 15.5. The monoisotopic (exact) mass is 560 g/mol. The van der Waals surface area contributed by atoms with Gasteiger partial charge in [-0.25, -0.2) is 4.79 Å². The molecule has 0 aromatic heterocycles. The number of aryl methyl sites for hydroxylation is 1. The molecule has 4 nitrogen and oxygen atoms in total. The zero-order valence-electron chi connectivity index (χ0n) is 25.5. The molecule has 2 aromatic carbocycles. The van der Waals surface area contributed by atoms with Crippen LogP contribution >= 0.6 is 0 Å². The highest BCUT2D eigenvalue weighted by atomic mass is 16.6. The number of esters is 1. The molecule has 0 spiro atoms. The van der Waals surface area contributed by atoms with Gasteiger partial charge < -0.3 is 14.6 Å². The maximum Gasteiger partial charge on any atom is 0.335 e. The highest BCUT2D eigenvalue weighted by Gasteiger charge is 2.31. The van der Waals surface area contributed by atoms with Gasteiger partial charge in [0.25, 0.3) is 0 Å². The van der Waals surface area contributed by atoms with E-state index < -0.39 is 12.6 Å². The number of carbonyl (C=O) groups excluding carboxylic acids is 1. The lowest BCUT2D eigenvalue weighted by molar-refractivity contribution is -0.140. The lowest BCUT2D eigenvalue weighted by Gasteiger charge is -2.38. The zero-order chi connectivity index (χ0) is 29.0. The molecule has 2 aromatic rings. The number of unbranched alkanes of at least 4 members (excludes halogenated alkanes) is 2. The van der Waals surface area contributed by atoms with Gasteiger partial charge in [-0.05, 0) is 103 Å². The molecule has 2 aliphatic carbocycles. The molecule has 0 heterocycles. The minimum Gasteiger partial charge on any atom is -0.490 e. The Morgan fingerprint density at radius 2 is 1.56 bits per heavy atom. The van der Waals surface area contributed by atoms with Crippen LogP contribution < -0.4 is 4.74 Å². The SMILES string of the molecule is C=C(CO)C(=O)OCCOc1ccc(-c2ccc(C3CCC(C4CCC(CCCCC)CC4)CC3)cc2)c(CC)c1. The first-order valence-corrected chi connectivity index (χ1v) is 16.3. The van der Waals surface area contributed by atoms with E-state index in [9.17, 15) is 4.79 Å². The third-order valence-corrected chi connectivity index (χ3v) is 9.76. The van der Waals surface area contributed by atoms with Crippen LogP contribution in [0.2, 0.25) is 0 Å². The summed E-state index contributed by atoms with van der Waals surface area (Å²) >= 11 is 0. The minimum absolute atomic E-state index is 0.0480. The second-order valence-corrected chi connectivity index (χ2v) is 12.4. The van der Waals surface area contributed by atoms with Crippen LogP contribution in [0.3, 0.4) is 0 Å². The fourth-order valence-electron chi connectivity index (χ4n) is 7.18. The van der Waals surface area contributed by atoms with Crippen LogP contribution in [0.25, 0.3) is 11.1 Å². The van der Waals surface area contributed by atoms with Crippen molar-refractivity contribution in [1.29, 1.82) is 0 Å². The molecular weight excluding hydrogens is 508 g/mol. The number of aliphatic hydroxyl groups is 1. The summed E-state index contributed by atoms with van der Waals surface area (Å²) in [4.78, 5) is 11.6. The highest BCUT2D eigenvalue weighted by molar-refractivity contribution is 5.87. The van der Waals surface area contributed by atoms with Crippen molar-refractivity contribution < 1.29 is 19.4 Å². The maximum absolute atomic E-state index is 11.6. The smallest absolute Gasteiger partial charge is 0.335 e. The van der Waals surface area contributed by atoms with Gasteiger partial charge in [-0.2, -0.15) is 0 Å². The summed E-state index contributed by atoms with van der Waals surface area (Å²) in [7, 11) is 0. The Morgan fingerprint density at radius 1 is 0.878 bits per heavy atom. The van der Waals surface area contributed by atoms with Crippen LogP contribution in [0.5, 0.6) is 5.75 Å². The van der Waals surface area contributed by atoms with E-state index in [1.807, 2.05) is 6.07 Å². The molecule has 0 unspecified atom stereocenters. The van der Waals surface area contributed by atoms with Gasteiger partial charge in [0.2, 0.25) is 0 Å². The molecule has 0 radical (unpaired) electrons. The number of hydrogen-bond acceptors (Lipinski definition) is 4. The summed E-state index contributed by atoms with van der Waals surface area (Å²) in [5.74, 6) is 3.84. The number of carbonyl (C=O) groups is 1. The molecule has 2 fully saturated rings. The fraction of sp³-hybridized carbons (Fsp3) is 0.595. The number of rotatable bonds is 14. The predicted molar refractivity (Wildman–Crippen MR) is 168 cm³/mol. The summed E-state index contributed by atoms with van der Waals surface area (Å²) in [5, 5.41) is 8.95. The van der Waals surface area contributed by atoms with Gasteiger partial charge in [0, 0.05) is 0 Å². The molecule has 0 amide bonds. The van der Waals surface area contributed by atoms with Gasteiger partial charge in [0.05, 0.1) is 12.2 Å². The molecule has 4 heteroatoms. The molecule has 0 atom stereocenters. The van der Waals surface area contributed by atoms with Crippen LogP contribution in [0.1, 0.15) is 108 Å². The average Bonchev–Trinajstić information content (AvgIpc) is 3.03. The Hall–Kier alpha value is -2.59. The molecule has 0 aliphatic heterocycles. The van der Waals surface area contributed by atoms with E-state index >= 15 is 0 Å². The van der Waals surface area contributed by atoms with Crippen LogP contribution in [-0.2, 0) is 16.0 Å². The lowest BCUT2D eigenvalue weighted by Crippen LogP contribution is -2.25. The summed E-state index contributed by atoms with van der Waals surface area (Å²) in [6.45, 7) is 7.91. The Kier molecular flexibility index (Phi) is 12.4. The van der Waals surface area contributed by atoms with Gasteiger partial charge in [0.15, 0.2) is 0 Å². The summed E-state index contributed by atoms with van der Waals surface area (Å²) in [5.41, 5.74) is 5.28. The first kappa shape index (κ1) is 31.3. The van der Waals surface area contributed by atoms with Crippen molar-refractivity contribution in [2.24, 2.45) is 17.8 Å². The topological polar surface area (TPSA) is 55.8 Å². The van der Waals surface area contributed by atoms with Crippen LogP contribution in [0, 0.1) is 17.8 Å². The van der Waals surface area contributed by atoms with Crippen molar-refractivity contribution in [3.8, 4) is 16.9 Å². The molecule has 2 aliphatic rings. The van der Waals surface area contributed by atoms with Gasteiger partial charge in [-0.3, -0.25) is 0 Å². The predicted octanol–water partition coefficient (Wildman–Crippen LogP) is 9.05. The molecule has 41 heavy (non-hydrogen) atoms. The molecule has 1 N–H and O–H groups in total. The van der Waals surface area contributed by atoms with E-state index in [1.54, 1.807) is 0 Å². The van der Waals surface area contributed by atoms with E-state index in [-0.39, 0.29) is 18.8 Å². The second-order valence-electron chi connectivity index (χ2n) is 12.4. The minimum atomic E-state index is -0.590. The Bertz CT molecular complexity index is 1090. The van der Waals surface area contributed by atoms with Crippen molar-refractivity contribution >= 4 is 5.97 Å². The Morgan fingerprint density at radius 3 is 2.20 bits per heavy atom. The fourth-order valence-corrected chi connectivity index (χ4v) is 7.18. The van der Waals surface area contributed by atoms with Crippen molar-refractivity contribution in [3.05, 3.63) is 65.7 Å². The van der Waals surface area contributed by atoms with E-state index in [1.165, 1.54) is 99.3 Å². The molecule has 2 saturated carbocycles. The van der Waals surface area contributed by atoms with E-state index in [2.05, 4.69) is 56.8 Å². The normalized spacial score (nSPS) is 22.7. The van der Waals surface area contributed by atoms with Gasteiger partial charge in [0.1, 0.15) is 19.0 Å². The van der Waals surface area contributed by atoms with E-state index in [0.717, 1.165) is 29.9 Å². The van der Waals surface area contributed by atoms with Crippen molar-refractivity contribution in [2.45, 2.75) is 103 Å². The van der Waals surface area contributed by atoms with E-state index in [0.29, 0.717) is 5.92 Å². The highest BCUT2D eigenvalue weighted by Crippen LogP contribution is 2.44. The standard InChI is InChI=1S/C37H52O4/c1-4-6-7-8-28-9-11-30(12-10-28)31-13-15-32(16-14-31)33-17-19-34(20-18-33)36-22-21-35(25-29(36)5-2)40-23-24-41-37(39)27(3)26-38/h17-22,25,28,30-32,38H,3-16,23-24,26H2,1-2H3. The van der Waals surface area contributed by atoms with Crippen LogP contribution in [-0.4, -0.2) is 30.9 Å². The van der Waals surface area contributed by atoms with Crippen molar-refractivity contribution in [2.75, 3.05) is 19.8 Å². The lowest BCUT2D eigenvalue weighted by atomic mass is 9.68. The molecule has 0 bridgehead atoms. The number of hydrogen-bond donors (Lipinski definition) is 1. The second kappa shape index (κ2) is 16.2. The first-order chi connectivity index (χ1) is 20.0. The quantitative estimate of drug-likeness (QED) is 0.142. The largest absolute Gasteiger partial charge is 0.490 e. The van der Waals surface area contributed by atoms with Gasteiger partial charge in [-0.15, -0.1) is 0 Å². The molecular formula is C37H52O4. The average molecular weight is 561 g/mol. The number of aliphatic hydroxyl groups excluding tert-OH is 1. The Labute approximate surface area is 248 Å². The molecule has 4 rings (SSSR count). The number of benzene rings is 2. The van der Waals surface area contributed by atoms with E-state index in [4.69, 9.17) is 14.6 Å². The number of ether oxygens (including phenoxy) is 2. The van der Waals surface area contributed by atoms with Gasteiger partial charge >= 0.3 is 5.97 Å². The third-order valence-electron chi connectivity index (χ3n) is 9.76. The maximum atomic E-state index is 11.6. The first-order valence-electron chi connectivity index (χ1n) is 16.3. The van der Waals surface area contributed by atoms with Gasteiger partial charge in [-0.1, -0.05) is 89.3 Å². The summed E-state index contributed by atoms with van der Waals surface area (Å²) in [6.07, 6.45) is 18.0. The summed E-state index contributed by atoms with van der Waals surface area (Å²) < 4.78 is 10.9. The molecule has 0 saturated heterocycles. The zero-order valence-corrected chi connectivity index (χ0v) is 25.5. The third kappa shape index (κ3) is 8.95.